The quantitative estimate of drug-likeness (QED) is 0.273. The number of benzene rings is 2. The van der Waals surface area contributed by atoms with Crippen LogP contribution in [0.1, 0.15) is 90.4 Å². The van der Waals surface area contributed by atoms with E-state index in [1.54, 1.807) is 4.57 Å². The number of carboxylic acid groups (broad SMARTS) is 1. The van der Waals surface area contributed by atoms with Crippen molar-refractivity contribution in [3.05, 3.63) is 88.0 Å². The number of imidazole rings is 1. The molecule has 1 heterocycles. The minimum Gasteiger partial charge on any atom is -0.476 e. The molecule has 8 heteroatoms. The van der Waals surface area contributed by atoms with Crippen LogP contribution in [0.25, 0.3) is 0 Å². The fourth-order valence-electron chi connectivity index (χ4n) is 5.49. The van der Waals surface area contributed by atoms with Crippen molar-refractivity contribution in [1.82, 2.24) is 14.9 Å². The summed E-state index contributed by atoms with van der Waals surface area (Å²) in [6, 6.07) is 16.9. The van der Waals surface area contributed by atoms with Gasteiger partial charge in [0.25, 0.3) is 0 Å². The Bertz CT molecular complexity index is 1220. The number of carbonyl (C=O) groups excluding carboxylic acids is 1. The average Bonchev–Trinajstić information content (AvgIpc) is 3.55. The van der Waals surface area contributed by atoms with Gasteiger partial charge in [-0.1, -0.05) is 92.4 Å². The largest absolute Gasteiger partial charge is 0.476 e. The molecular weight excluding hydrogens is 502 g/mol. The number of aliphatic hydroxyl groups excluding tert-OH is 1. The predicted octanol–water partition coefficient (Wildman–Crippen LogP) is 5.75. The number of nitrogens with zero attached hydrogens (tertiary/aromatic N) is 2. The molecule has 1 aromatic heterocycles. The van der Waals surface area contributed by atoms with Crippen LogP contribution in [0.3, 0.4) is 0 Å². The van der Waals surface area contributed by atoms with Gasteiger partial charge in [-0.05, 0) is 41.9 Å². The number of hydrogen-bond donors (Lipinski definition) is 3. The number of aromatic nitrogens is 2. The third-order valence-corrected chi connectivity index (χ3v) is 7.76. The lowest BCUT2D eigenvalue weighted by molar-refractivity contribution is -0.124. The Morgan fingerprint density at radius 1 is 1.08 bits per heavy atom. The zero-order chi connectivity index (χ0) is 27.1. The first-order valence-electron chi connectivity index (χ1n) is 13.5. The Balaban J connectivity index is 1.57. The molecule has 1 aliphatic carbocycles. The van der Waals surface area contributed by atoms with Crippen LogP contribution in [0, 0.1) is 5.92 Å². The summed E-state index contributed by atoms with van der Waals surface area (Å²) in [6.07, 6.45) is 6.70. The van der Waals surface area contributed by atoms with Crippen molar-refractivity contribution in [3.8, 4) is 0 Å². The molecule has 3 aromatic rings. The van der Waals surface area contributed by atoms with E-state index in [1.807, 2.05) is 54.6 Å². The SMILES string of the molecule is CCCCc1nc(Cl)c(C(=O)O)n1Cc1ccc(C(C(=O)NC(CO)c2ccccc2)C2CCCC2)cc1. The van der Waals surface area contributed by atoms with Crippen molar-refractivity contribution < 1.29 is 19.8 Å². The van der Waals surface area contributed by atoms with Gasteiger partial charge in [0.15, 0.2) is 10.8 Å². The molecule has 0 saturated heterocycles. The fourth-order valence-corrected chi connectivity index (χ4v) is 5.77. The molecule has 1 aliphatic rings. The van der Waals surface area contributed by atoms with Gasteiger partial charge in [0.2, 0.25) is 5.91 Å². The van der Waals surface area contributed by atoms with E-state index in [0.717, 1.165) is 55.2 Å². The molecule has 0 spiro atoms. The van der Waals surface area contributed by atoms with Crippen molar-refractivity contribution in [2.45, 2.75) is 70.4 Å². The molecule has 0 radical (unpaired) electrons. The number of aryl methyl sites for hydroxylation is 1. The molecule has 2 aromatic carbocycles. The van der Waals surface area contributed by atoms with Crippen molar-refractivity contribution in [2.75, 3.05) is 6.61 Å². The topological polar surface area (TPSA) is 104 Å². The lowest BCUT2D eigenvalue weighted by Crippen LogP contribution is -2.37. The number of hydrogen-bond acceptors (Lipinski definition) is 4. The van der Waals surface area contributed by atoms with Crippen molar-refractivity contribution in [2.24, 2.45) is 5.92 Å². The highest BCUT2D eigenvalue weighted by molar-refractivity contribution is 6.32. The van der Waals surface area contributed by atoms with Crippen LogP contribution < -0.4 is 5.32 Å². The predicted molar refractivity (Wildman–Crippen MR) is 147 cm³/mol. The third kappa shape index (κ3) is 6.45. The van der Waals surface area contributed by atoms with E-state index >= 15 is 0 Å². The van der Waals surface area contributed by atoms with Gasteiger partial charge < -0.3 is 20.1 Å². The molecule has 3 N–H and O–H groups in total. The second-order valence-corrected chi connectivity index (χ2v) is 10.4. The number of carbonyl (C=O) groups is 2. The Morgan fingerprint density at radius 2 is 1.76 bits per heavy atom. The van der Waals surface area contributed by atoms with Crippen LogP contribution in [0.5, 0.6) is 0 Å². The van der Waals surface area contributed by atoms with Gasteiger partial charge in [-0.15, -0.1) is 0 Å². The van der Waals surface area contributed by atoms with Gasteiger partial charge in [0, 0.05) is 13.0 Å². The van der Waals surface area contributed by atoms with Crippen molar-refractivity contribution in [1.29, 1.82) is 0 Å². The van der Waals surface area contributed by atoms with Crippen molar-refractivity contribution >= 4 is 23.5 Å². The van der Waals surface area contributed by atoms with Gasteiger partial charge in [0.1, 0.15) is 5.82 Å². The van der Waals surface area contributed by atoms with Gasteiger partial charge in [-0.25, -0.2) is 9.78 Å². The second-order valence-electron chi connectivity index (χ2n) is 10.1. The van der Waals surface area contributed by atoms with E-state index in [-0.39, 0.29) is 35.2 Å². The van der Waals surface area contributed by atoms with Crippen LogP contribution in [0.2, 0.25) is 5.15 Å². The Hall–Kier alpha value is -3.16. The second kappa shape index (κ2) is 13.1. The summed E-state index contributed by atoms with van der Waals surface area (Å²) in [5.74, 6) is -0.595. The summed E-state index contributed by atoms with van der Waals surface area (Å²) in [5, 5.41) is 22.8. The molecule has 7 nitrogen and oxygen atoms in total. The molecule has 2 atom stereocenters. The van der Waals surface area contributed by atoms with Gasteiger partial charge in [-0.3, -0.25) is 4.79 Å². The van der Waals surface area contributed by atoms with Crippen molar-refractivity contribution in [3.63, 3.8) is 0 Å². The summed E-state index contributed by atoms with van der Waals surface area (Å²) in [4.78, 5) is 29.8. The standard InChI is InChI=1S/C30H36ClN3O4/c1-2-3-13-25-33-28(31)27(30(37)38)34(25)18-20-14-16-23(17-15-20)26(22-11-7-8-12-22)29(36)32-24(19-35)21-9-5-4-6-10-21/h4-6,9-10,14-17,22,24,26,35H,2-3,7-8,11-13,18-19H2,1H3,(H,32,36)(H,37,38). The maximum absolute atomic E-state index is 13.6. The van der Waals surface area contributed by atoms with E-state index in [0.29, 0.717) is 18.8 Å². The number of unbranched alkanes of at least 4 members (excludes halogenated alkanes) is 1. The van der Waals surface area contributed by atoms with Crippen LogP contribution >= 0.6 is 11.6 Å². The van der Waals surface area contributed by atoms with E-state index in [2.05, 4.69) is 17.2 Å². The first-order valence-corrected chi connectivity index (χ1v) is 13.8. The average molecular weight is 538 g/mol. The van der Waals surface area contributed by atoms with Crippen LogP contribution in [0.15, 0.2) is 54.6 Å². The van der Waals surface area contributed by atoms with Crippen LogP contribution in [0.4, 0.5) is 0 Å². The zero-order valence-corrected chi connectivity index (χ0v) is 22.5. The summed E-state index contributed by atoms with van der Waals surface area (Å²) >= 11 is 6.19. The lowest BCUT2D eigenvalue weighted by atomic mass is 9.83. The maximum Gasteiger partial charge on any atom is 0.355 e. The van der Waals surface area contributed by atoms with Gasteiger partial charge in [0.05, 0.1) is 18.6 Å². The molecule has 1 amide bonds. The van der Waals surface area contributed by atoms with E-state index < -0.39 is 12.0 Å². The van der Waals surface area contributed by atoms with Gasteiger partial charge in [-0.2, -0.15) is 0 Å². The fraction of sp³-hybridized carbons (Fsp3) is 0.433. The molecule has 4 rings (SSSR count). The highest BCUT2D eigenvalue weighted by Crippen LogP contribution is 2.38. The number of amides is 1. The number of carboxylic acids is 1. The first kappa shape index (κ1) is 27.9. The zero-order valence-electron chi connectivity index (χ0n) is 21.8. The normalized spacial score (nSPS) is 15.3. The number of aliphatic hydroxyl groups is 1. The molecule has 1 saturated carbocycles. The van der Waals surface area contributed by atoms with Crippen LogP contribution in [-0.2, 0) is 17.8 Å². The van der Waals surface area contributed by atoms with Gasteiger partial charge >= 0.3 is 5.97 Å². The number of rotatable bonds is 12. The Labute approximate surface area is 228 Å². The molecule has 202 valence electrons. The van der Waals surface area contributed by atoms with E-state index in [9.17, 15) is 19.8 Å². The monoisotopic (exact) mass is 537 g/mol. The molecule has 38 heavy (non-hydrogen) atoms. The molecule has 2 unspecified atom stereocenters. The lowest BCUT2D eigenvalue weighted by Gasteiger charge is -2.26. The summed E-state index contributed by atoms with van der Waals surface area (Å²) in [7, 11) is 0. The molecular formula is C30H36ClN3O4. The Morgan fingerprint density at radius 3 is 2.37 bits per heavy atom. The minimum atomic E-state index is -1.10. The number of aromatic carboxylic acids is 1. The van der Waals surface area contributed by atoms with E-state index in [4.69, 9.17) is 11.6 Å². The molecule has 0 aliphatic heterocycles. The first-order chi connectivity index (χ1) is 18.4. The molecule has 1 fully saturated rings. The summed E-state index contributed by atoms with van der Waals surface area (Å²) in [5.41, 5.74) is 2.71. The summed E-state index contributed by atoms with van der Waals surface area (Å²) < 4.78 is 1.68. The number of halogens is 1. The highest BCUT2D eigenvalue weighted by Gasteiger charge is 2.33. The van der Waals surface area contributed by atoms with Crippen LogP contribution in [-0.4, -0.2) is 38.2 Å². The minimum absolute atomic E-state index is 0.000938. The summed E-state index contributed by atoms with van der Waals surface area (Å²) in [6.45, 7) is 2.23. The highest BCUT2D eigenvalue weighted by atomic mass is 35.5. The number of nitrogens with one attached hydrogen (secondary N) is 1. The smallest absolute Gasteiger partial charge is 0.355 e. The van der Waals surface area contributed by atoms with E-state index in [1.165, 1.54) is 0 Å². The maximum atomic E-state index is 13.6. The third-order valence-electron chi connectivity index (χ3n) is 7.49. The molecule has 0 bridgehead atoms. The Kier molecular flexibility index (Phi) is 9.58.